The van der Waals surface area contributed by atoms with Crippen molar-refractivity contribution in [3.63, 3.8) is 0 Å². The molecule has 1 aliphatic heterocycles. The maximum absolute atomic E-state index is 11.9. The van der Waals surface area contributed by atoms with E-state index in [1.807, 2.05) is 0 Å². The molecule has 0 aliphatic carbocycles. The molecule has 1 saturated heterocycles. The van der Waals surface area contributed by atoms with Crippen molar-refractivity contribution in [2.45, 2.75) is 58.8 Å². The van der Waals surface area contributed by atoms with Gasteiger partial charge in [0.15, 0.2) is 5.82 Å². The van der Waals surface area contributed by atoms with Crippen LogP contribution < -0.4 is 10.6 Å². The summed E-state index contributed by atoms with van der Waals surface area (Å²) in [7, 11) is 0. The van der Waals surface area contributed by atoms with Crippen LogP contribution in [0, 0.1) is 5.41 Å². The summed E-state index contributed by atoms with van der Waals surface area (Å²) >= 11 is 0. The SMILES string of the molecule is CCCc1noc(CCCC(=O)NCC2(C)CCNCC2)n1.Cl. The second kappa shape index (κ2) is 9.88. The predicted octanol–water partition coefficient (Wildman–Crippen LogP) is 2.27. The summed E-state index contributed by atoms with van der Waals surface area (Å²) in [5, 5.41) is 10.3. The molecule has 7 heteroatoms. The Balaban J connectivity index is 0.00000264. The summed E-state index contributed by atoms with van der Waals surface area (Å²) in [6.45, 7) is 7.20. The normalized spacial score (nSPS) is 16.6. The monoisotopic (exact) mass is 344 g/mol. The molecule has 2 rings (SSSR count). The Hall–Kier alpha value is -1.14. The van der Waals surface area contributed by atoms with Crippen molar-refractivity contribution in [2.75, 3.05) is 19.6 Å². The van der Waals surface area contributed by atoms with E-state index >= 15 is 0 Å². The molecule has 1 aromatic rings. The Morgan fingerprint density at radius 3 is 2.78 bits per heavy atom. The highest BCUT2D eigenvalue weighted by molar-refractivity contribution is 5.85. The lowest BCUT2D eigenvalue weighted by Crippen LogP contribution is -2.42. The molecule has 132 valence electrons. The number of nitrogens with zero attached hydrogens (tertiary/aromatic N) is 2. The Bertz CT molecular complexity index is 472. The molecule has 23 heavy (non-hydrogen) atoms. The topological polar surface area (TPSA) is 80.0 Å². The van der Waals surface area contributed by atoms with Crippen LogP contribution >= 0.6 is 12.4 Å². The van der Waals surface area contributed by atoms with Gasteiger partial charge in [0.1, 0.15) is 0 Å². The van der Waals surface area contributed by atoms with Gasteiger partial charge < -0.3 is 15.2 Å². The molecule has 1 amide bonds. The third-order valence-electron chi connectivity index (χ3n) is 4.30. The van der Waals surface area contributed by atoms with E-state index in [1.165, 1.54) is 0 Å². The summed E-state index contributed by atoms with van der Waals surface area (Å²) in [5.74, 6) is 1.52. The first-order valence-electron chi connectivity index (χ1n) is 8.40. The highest BCUT2D eigenvalue weighted by Crippen LogP contribution is 2.26. The van der Waals surface area contributed by atoms with E-state index in [-0.39, 0.29) is 23.7 Å². The molecule has 1 fully saturated rings. The van der Waals surface area contributed by atoms with Crippen molar-refractivity contribution < 1.29 is 9.32 Å². The van der Waals surface area contributed by atoms with Crippen LogP contribution in [0.1, 0.15) is 57.7 Å². The predicted molar refractivity (Wildman–Crippen MR) is 91.7 cm³/mol. The van der Waals surface area contributed by atoms with Crippen LogP contribution in [0.3, 0.4) is 0 Å². The molecule has 0 saturated carbocycles. The summed E-state index contributed by atoms with van der Waals surface area (Å²) < 4.78 is 5.17. The van der Waals surface area contributed by atoms with E-state index in [4.69, 9.17) is 4.52 Å². The van der Waals surface area contributed by atoms with E-state index in [0.717, 1.165) is 57.6 Å². The zero-order valence-electron chi connectivity index (χ0n) is 14.2. The van der Waals surface area contributed by atoms with Gasteiger partial charge in [-0.15, -0.1) is 12.4 Å². The first-order chi connectivity index (χ1) is 10.6. The fourth-order valence-electron chi connectivity index (χ4n) is 2.72. The van der Waals surface area contributed by atoms with Crippen molar-refractivity contribution in [3.05, 3.63) is 11.7 Å². The first-order valence-corrected chi connectivity index (χ1v) is 8.40. The largest absolute Gasteiger partial charge is 0.356 e. The number of aryl methyl sites for hydroxylation is 2. The van der Waals surface area contributed by atoms with Gasteiger partial charge in [0.05, 0.1) is 0 Å². The van der Waals surface area contributed by atoms with Gasteiger partial charge in [0.2, 0.25) is 11.8 Å². The molecular weight excluding hydrogens is 316 g/mol. The summed E-state index contributed by atoms with van der Waals surface area (Å²) in [6, 6.07) is 0. The Morgan fingerprint density at radius 1 is 1.35 bits per heavy atom. The minimum absolute atomic E-state index is 0. The quantitative estimate of drug-likeness (QED) is 0.756. The lowest BCUT2D eigenvalue weighted by molar-refractivity contribution is -0.121. The van der Waals surface area contributed by atoms with Gasteiger partial charge in [0, 0.05) is 25.8 Å². The highest BCUT2D eigenvalue weighted by Gasteiger charge is 2.26. The summed E-state index contributed by atoms with van der Waals surface area (Å²) in [4.78, 5) is 16.2. The van der Waals surface area contributed by atoms with E-state index in [9.17, 15) is 4.79 Å². The summed E-state index contributed by atoms with van der Waals surface area (Å²) in [5.41, 5.74) is 0.239. The molecule has 0 radical (unpaired) electrons. The average molecular weight is 345 g/mol. The van der Waals surface area contributed by atoms with E-state index in [1.54, 1.807) is 0 Å². The van der Waals surface area contributed by atoms with Crippen molar-refractivity contribution in [3.8, 4) is 0 Å². The van der Waals surface area contributed by atoms with Crippen LogP contribution in [-0.4, -0.2) is 35.7 Å². The Labute approximate surface area is 144 Å². The van der Waals surface area contributed by atoms with E-state index in [2.05, 4.69) is 34.6 Å². The number of carbonyl (C=O) groups excluding carboxylic acids is 1. The smallest absolute Gasteiger partial charge is 0.226 e. The molecule has 1 aromatic heterocycles. The number of aromatic nitrogens is 2. The van der Waals surface area contributed by atoms with Gasteiger partial charge in [-0.25, -0.2) is 0 Å². The van der Waals surface area contributed by atoms with Gasteiger partial charge in [-0.3, -0.25) is 4.79 Å². The maximum Gasteiger partial charge on any atom is 0.226 e. The number of hydrogen-bond acceptors (Lipinski definition) is 5. The minimum Gasteiger partial charge on any atom is -0.356 e. The van der Waals surface area contributed by atoms with Gasteiger partial charge in [0.25, 0.3) is 0 Å². The molecule has 0 bridgehead atoms. The fraction of sp³-hybridized carbons (Fsp3) is 0.812. The van der Waals surface area contributed by atoms with Crippen LogP contribution in [0.15, 0.2) is 4.52 Å². The maximum atomic E-state index is 11.9. The number of halogens is 1. The fourth-order valence-corrected chi connectivity index (χ4v) is 2.72. The van der Waals surface area contributed by atoms with Crippen molar-refractivity contribution in [1.29, 1.82) is 0 Å². The standard InChI is InChI=1S/C16H28N4O2.ClH/c1-3-5-13-19-15(22-20-13)7-4-6-14(21)18-12-16(2)8-10-17-11-9-16;/h17H,3-12H2,1-2H3,(H,18,21);1H. The van der Waals surface area contributed by atoms with Gasteiger partial charge >= 0.3 is 0 Å². The lowest BCUT2D eigenvalue weighted by Gasteiger charge is -2.34. The third-order valence-corrected chi connectivity index (χ3v) is 4.30. The lowest BCUT2D eigenvalue weighted by atomic mass is 9.81. The Morgan fingerprint density at radius 2 is 2.09 bits per heavy atom. The van der Waals surface area contributed by atoms with Crippen LogP contribution in [-0.2, 0) is 17.6 Å². The molecule has 0 spiro atoms. The number of hydrogen-bond donors (Lipinski definition) is 2. The van der Waals surface area contributed by atoms with Crippen molar-refractivity contribution >= 4 is 18.3 Å². The second-order valence-electron chi connectivity index (χ2n) is 6.55. The number of piperidine rings is 1. The molecule has 0 unspecified atom stereocenters. The van der Waals surface area contributed by atoms with Crippen molar-refractivity contribution in [1.82, 2.24) is 20.8 Å². The van der Waals surface area contributed by atoms with Crippen LogP contribution in [0.25, 0.3) is 0 Å². The van der Waals surface area contributed by atoms with Crippen LogP contribution in [0.4, 0.5) is 0 Å². The second-order valence-corrected chi connectivity index (χ2v) is 6.55. The first kappa shape index (κ1) is 19.9. The molecular formula is C16H29ClN4O2. The third kappa shape index (κ3) is 6.87. The van der Waals surface area contributed by atoms with E-state index < -0.39 is 0 Å². The molecule has 2 N–H and O–H groups in total. The zero-order chi connectivity index (χ0) is 15.8. The zero-order valence-corrected chi connectivity index (χ0v) is 15.0. The minimum atomic E-state index is 0. The number of rotatable bonds is 8. The van der Waals surface area contributed by atoms with E-state index in [0.29, 0.717) is 18.7 Å². The van der Waals surface area contributed by atoms with Crippen LogP contribution in [0.2, 0.25) is 0 Å². The summed E-state index contributed by atoms with van der Waals surface area (Å²) in [6.07, 6.45) is 6.03. The van der Waals surface area contributed by atoms with Gasteiger partial charge in [-0.05, 0) is 44.2 Å². The average Bonchev–Trinajstić information content (AvgIpc) is 2.94. The number of carbonyl (C=O) groups is 1. The van der Waals surface area contributed by atoms with Gasteiger partial charge in [-0.1, -0.05) is 19.0 Å². The van der Waals surface area contributed by atoms with Gasteiger partial charge in [-0.2, -0.15) is 4.98 Å². The van der Waals surface area contributed by atoms with Crippen molar-refractivity contribution in [2.24, 2.45) is 5.41 Å². The molecule has 6 nitrogen and oxygen atoms in total. The van der Waals surface area contributed by atoms with Crippen LogP contribution in [0.5, 0.6) is 0 Å². The number of amides is 1. The highest BCUT2D eigenvalue weighted by atomic mass is 35.5. The molecule has 0 atom stereocenters. The number of nitrogens with one attached hydrogen (secondary N) is 2. The molecule has 0 aromatic carbocycles. The Kier molecular flexibility index (Phi) is 8.55. The molecule has 2 heterocycles. The molecule has 1 aliphatic rings.